The van der Waals surface area contributed by atoms with E-state index in [9.17, 15) is 0 Å². The number of hydrogen-bond donors (Lipinski definition) is 2. The Kier molecular flexibility index (Phi) is 8.73. The van der Waals surface area contributed by atoms with Gasteiger partial charge in [0.2, 0.25) is 0 Å². The summed E-state index contributed by atoms with van der Waals surface area (Å²) in [5, 5.41) is 15.3. The van der Waals surface area contributed by atoms with Crippen molar-refractivity contribution < 1.29 is 4.74 Å². The topological polar surface area (TPSA) is 76.4 Å². The van der Waals surface area contributed by atoms with Crippen LogP contribution in [0.1, 0.15) is 49.8 Å². The first-order chi connectivity index (χ1) is 13.5. The van der Waals surface area contributed by atoms with Crippen molar-refractivity contribution in [2.75, 3.05) is 13.7 Å². The van der Waals surface area contributed by atoms with Gasteiger partial charge in [0.1, 0.15) is 11.6 Å². The Morgan fingerprint density at radius 2 is 1.93 bits per heavy atom. The van der Waals surface area contributed by atoms with E-state index in [0.717, 1.165) is 35.5 Å². The monoisotopic (exact) mass is 512 g/mol. The number of aryl methyl sites for hydroxylation is 1. The van der Waals surface area contributed by atoms with Crippen LogP contribution in [-0.4, -0.2) is 34.4 Å². The summed E-state index contributed by atoms with van der Waals surface area (Å²) in [4.78, 5) is 4.79. The van der Waals surface area contributed by atoms with Gasteiger partial charge in [0.05, 0.1) is 20.2 Å². The van der Waals surface area contributed by atoms with E-state index in [1.807, 2.05) is 42.8 Å². The highest BCUT2D eigenvalue weighted by Crippen LogP contribution is 2.42. The first-order valence-electron chi connectivity index (χ1n) is 10.1. The highest BCUT2D eigenvalue weighted by molar-refractivity contribution is 14.0. The molecule has 0 amide bonds. The first-order valence-corrected chi connectivity index (χ1v) is 10.1. The third-order valence-corrected chi connectivity index (χ3v) is 5.97. The fourth-order valence-corrected chi connectivity index (χ4v) is 3.45. The first kappa shape index (κ1) is 23.4. The van der Waals surface area contributed by atoms with E-state index in [2.05, 4.69) is 27.8 Å². The third-order valence-electron chi connectivity index (χ3n) is 5.97. The molecule has 29 heavy (non-hydrogen) atoms. The number of nitrogens with one attached hydrogen (secondary N) is 2. The molecule has 0 spiro atoms. The van der Waals surface area contributed by atoms with Crippen LogP contribution < -0.4 is 15.4 Å². The Hall–Kier alpha value is -1.84. The number of halogens is 1. The van der Waals surface area contributed by atoms with Gasteiger partial charge in [-0.1, -0.05) is 25.5 Å². The van der Waals surface area contributed by atoms with Gasteiger partial charge in [0, 0.05) is 13.6 Å². The minimum absolute atomic E-state index is 0. The molecule has 1 heterocycles. The summed E-state index contributed by atoms with van der Waals surface area (Å²) < 4.78 is 7.22. The zero-order valence-electron chi connectivity index (χ0n) is 17.9. The minimum atomic E-state index is 0. The predicted octanol–water partition coefficient (Wildman–Crippen LogP) is 3.57. The number of hydrogen-bond acceptors (Lipinski definition) is 4. The average molecular weight is 512 g/mol. The van der Waals surface area contributed by atoms with Gasteiger partial charge in [0.15, 0.2) is 11.8 Å². The maximum Gasteiger partial charge on any atom is 0.191 e. The molecule has 1 saturated carbocycles. The van der Waals surface area contributed by atoms with Crippen LogP contribution in [0.3, 0.4) is 0 Å². The summed E-state index contributed by atoms with van der Waals surface area (Å²) in [5.41, 5.74) is 1.56. The van der Waals surface area contributed by atoms with Crippen molar-refractivity contribution in [3.8, 4) is 5.75 Å². The molecule has 0 radical (unpaired) electrons. The summed E-state index contributed by atoms with van der Waals surface area (Å²) in [6.45, 7) is 6.39. The SMILES string of the molecule is CCC1(CNC(=NCc2ccc(OC)cc2)NCc2nnc(C)n2C)CCC1.I. The lowest BCUT2D eigenvalue weighted by molar-refractivity contribution is 0.131. The van der Waals surface area contributed by atoms with Crippen molar-refractivity contribution in [2.24, 2.45) is 17.5 Å². The van der Waals surface area contributed by atoms with Gasteiger partial charge in [-0.15, -0.1) is 34.2 Å². The molecule has 1 fully saturated rings. The lowest BCUT2D eigenvalue weighted by Crippen LogP contribution is -2.46. The highest BCUT2D eigenvalue weighted by atomic mass is 127. The molecule has 1 aliphatic carbocycles. The fourth-order valence-electron chi connectivity index (χ4n) is 3.45. The van der Waals surface area contributed by atoms with Crippen LogP contribution in [0.2, 0.25) is 0 Å². The lowest BCUT2D eigenvalue weighted by Gasteiger charge is -2.41. The number of ether oxygens (including phenoxy) is 1. The number of aliphatic imine (C=N–C) groups is 1. The van der Waals surface area contributed by atoms with Gasteiger partial charge in [-0.2, -0.15) is 0 Å². The second kappa shape index (κ2) is 10.8. The van der Waals surface area contributed by atoms with Crippen LogP contribution >= 0.6 is 24.0 Å². The molecule has 2 aromatic rings. The molecular formula is C21H33IN6O. The van der Waals surface area contributed by atoms with E-state index in [1.165, 1.54) is 25.7 Å². The Morgan fingerprint density at radius 1 is 1.21 bits per heavy atom. The van der Waals surface area contributed by atoms with Gasteiger partial charge in [-0.3, -0.25) is 0 Å². The Balaban J connectivity index is 0.00000300. The molecule has 2 N–H and O–H groups in total. The molecule has 0 unspecified atom stereocenters. The van der Waals surface area contributed by atoms with Gasteiger partial charge >= 0.3 is 0 Å². The van der Waals surface area contributed by atoms with Crippen molar-refractivity contribution in [2.45, 2.75) is 52.6 Å². The minimum Gasteiger partial charge on any atom is -0.497 e. The van der Waals surface area contributed by atoms with Gasteiger partial charge in [0.25, 0.3) is 0 Å². The molecule has 3 rings (SSSR count). The molecule has 1 aromatic carbocycles. The molecule has 7 nitrogen and oxygen atoms in total. The van der Waals surface area contributed by atoms with E-state index >= 15 is 0 Å². The second-order valence-electron chi connectivity index (χ2n) is 7.65. The summed E-state index contributed by atoms with van der Waals surface area (Å²) in [6, 6.07) is 8.03. The Bertz CT molecular complexity index is 792. The summed E-state index contributed by atoms with van der Waals surface area (Å²) in [5.74, 6) is 3.47. The molecule has 0 aliphatic heterocycles. The molecule has 1 aromatic heterocycles. The zero-order chi connectivity index (χ0) is 20.0. The molecule has 0 atom stereocenters. The molecule has 0 saturated heterocycles. The Morgan fingerprint density at radius 3 is 2.45 bits per heavy atom. The van der Waals surface area contributed by atoms with Gasteiger partial charge in [-0.05, 0) is 49.3 Å². The van der Waals surface area contributed by atoms with Crippen LogP contribution in [0.25, 0.3) is 0 Å². The smallest absolute Gasteiger partial charge is 0.191 e. The highest BCUT2D eigenvalue weighted by Gasteiger charge is 2.34. The van der Waals surface area contributed by atoms with E-state index in [0.29, 0.717) is 18.5 Å². The average Bonchev–Trinajstić information content (AvgIpc) is 3.01. The summed E-state index contributed by atoms with van der Waals surface area (Å²) in [7, 11) is 3.66. The maximum atomic E-state index is 5.23. The molecular weight excluding hydrogens is 479 g/mol. The summed E-state index contributed by atoms with van der Waals surface area (Å²) >= 11 is 0. The van der Waals surface area contributed by atoms with Crippen LogP contribution in [-0.2, 0) is 20.1 Å². The number of benzene rings is 1. The second-order valence-corrected chi connectivity index (χ2v) is 7.65. The number of nitrogens with zero attached hydrogens (tertiary/aromatic N) is 4. The van der Waals surface area contributed by atoms with Crippen molar-refractivity contribution >= 4 is 29.9 Å². The van der Waals surface area contributed by atoms with Crippen molar-refractivity contribution in [1.29, 1.82) is 0 Å². The van der Waals surface area contributed by atoms with E-state index in [4.69, 9.17) is 9.73 Å². The molecule has 160 valence electrons. The standard InChI is InChI=1S/C21H32N6O.HI/c1-5-21(11-6-12-21)15-24-20(23-14-19-26-25-16(2)27(19)3)22-13-17-7-9-18(28-4)10-8-17;/h7-10H,5-6,11-15H2,1-4H3,(H2,22,23,24);1H. The maximum absolute atomic E-state index is 5.23. The summed E-state index contributed by atoms with van der Waals surface area (Å²) in [6.07, 6.45) is 5.13. The van der Waals surface area contributed by atoms with Crippen molar-refractivity contribution in [3.63, 3.8) is 0 Å². The fraction of sp³-hybridized carbons (Fsp3) is 0.571. The molecule has 1 aliphatic rings. The number of guanidine groups is 1. The van der Waals surface area contributed by atoms with E-state index < -0.39 is 0 Å². The van der Waals surface area contributed by atoms with Crippen LogP contribution in [0.5, 0.6) is 5.75 Å². The van der Waals surface area contributed by atoms with Crippen LogP contribution in [0.15, 0.2) is 29.3 Å². The van der Waals surface area contributed by atoms with E-state index in [1.54, 1.807) is 7.11 Å². The largest absolute Gasteiger partial charge is 0.497 e. The quantitative estimate of drug-likeness (QED) is 0.322. The zero-order valence-corrected chi connectivity index (χ0v) is 20.2. The number of rotatable bonds is 8. The third kappa shape index (κ3) is 6.07. The van der Waals surface area contributed by atoms with E-state index in [-0.39, 0.29) is 24.0 Å². The Labute approximate surface area is 190 Å². The molecule has 8 heteroatoms. The van der Waals surface area contributed by atoms with Crippen molar-refractivity contribution in [1.82, 2.24) is 25.4 Å². The normalized spacial score (nSPS) is 15.2. The van der Waals surface area contributed by atoms with Crippen LogP contribution in [0.4, 0.5) is 0 Å². The lowest BCUT2D eigenvalue weighted by atomic mass is 9.67. The molecule has 0 bridgehead atoms. The van der Waals surface area contributed by atoms with Gasteiger partial charge in [-0.25, -0.2) is 4.99 Å². The van der Waals surface area contributed by atoms with Crippen molar-refractivity contribution in [3.05, 3.63) is 41.5 Å². The predicted molar refractivity (Wildman–Crippen MR) is 127 cm³/mol. The number of methoxy groups -OCH3 is 1. The number of aromatic nitrogens is 3. The van der Waals surface area contributed by atoms with Crippen LogP contribution in [0, 0.1) is 12.3 Å². The van der Waals surface area contributed by atoms with Gasteiger partial charge < -0.3 is 19.9 Å².